The highest BCUT2D eigenvalue weighted by Gasteiger charge is 2.14. The summed E-state index contributed by atoms with van der Waals surface area (Å²) in [6, 6.07) is 7.27. The maximum Gasteiger partial charge on any atom is 0.162 e. The molecule has 0 fully saturated rings. The number of benzene rings is 1. The fraction of sp³-hybridized carbons (Fsp3) is 0.154. The molecule has 0 aliphatic carbocycles. The van der Waals surface area contributed by atoms with E-state index >= 15 is 0 Å². The average molecular weight is 344 g/mol. The lowest BCUT2D eigenvalue weighted by Crippen LogP contribution is -2.15. The number of rotatable bonds is 3. The van der Waals surface area contributed by atoms with Gasteiger partial charge < -0.3 is 14.9 Å². The van der Waals surface area contributed by atoms with Crippen molar-refractivity contribution in [3.05, 3.63) is 34.3 Å². The van der Waals surface area contributed by atoms with Gasteiger partial charge in [-0.3, -0.25) is 0 Å². The molecule has 0 radical (unpaired) electrons. The van der Waals surface area contributed by atoms with Crippen LogP contribution in [0.15, 0.2) is 34.2 Å². The third-order valence-corrected chi connectivity index (χ3v) is 4.44. The van der Waals surface area contributed by atoms with Crippen LogP contribution in [0.25, 0.3) is 0 Å². The van der Waals surface area contributed by atoms with Gasteiger partial charge in [-0.25, -0.2) is 10.8 Å². The van der Waals surface area contributed by atoms with Gasteiger partial charge in [-0.1, -0.05) is 35.0 Å². The molecule has 5 nitrogen and oxygen atoms in total. The smallest absolute Gasteiger partial charge is 0.162 e. The average Bonchev–Trinajstić information content (AvgIpc) is 2.50. The number of halogens is 2. The highest BCUT2D eigenvalue weighted by atomic mass is 35.5. The first-order valence-electron chi connectivity index (χ1n) is 6.07. The van der Waals surface area contributed by atoms with Gasteiger partial charge in [0, 0.05) is 4.90 Å². The molecule has 8 heteroatoms. The summed E-state index contributed by atoms with van der Waals surface area (Å²) in [7, 11) is 0. The largest absolute Gasteiger partial charge is 0.486 e. The molecule has 3 rings (SSSR count). The van der Waals surface area contributed by atoms with E-state index in [4.69, 9.17) is 38.5 Å². The van der Waals surface area contributed by atoms with E-state index < -0.39 is 0 Å². The Morgan fingerprint density at radius 1 is 1.10 bits per heavy atom. The fourth-order valence-electron chi connectivity index (χ4n) is 1.82. The van der Waals surface area contributed by atoms with E-state index in [0.717, 1.165) is 10.6 Å². The summed E-state index contributed by atoms with van der Waals surface area (Å²) in [6.45, 7) is 1.11. The van der Waals surface area contributed by atoms with E-state index in [9.17, 15) is 0 Å². The van der Waals surface area contributed by atoms with E-state index in [2.05, 4.69) is 10.4 Å². The van der Waals surface area contributed by atoms with Crippen LogP contribution in [-0.2, 0) is 0 Å². The molecule has 0 atom stereocenters. The minimum atomic E-state index is 0.369. The van der Waals surface area contributed by atoms with Crippen molar-refractivity contribution >= 4 is 40.8 Å². The monoisotopic (exact) mass is 343 g/mol. The first-order chi connectivity index (χ1) is 10.2. The van der Waals surface area contributed by atoms with Crippen molar-refractivity contribution in [2.24, 2.45) is 5.84 Å². The van der Waals surface area contributed by atoms with Crippen molar-refractivity contribution in [2.75, 3.05) is 18.6 Å². The van der Waals surface area contributed by atoms with Gasteiger partial charge in [0.25, 0.3) is 0 Å². The zero-order valence-electron chi connectivity index (χ0n) is 10.7. The Morgan fingerprint density at radius 3 is 2.62 bits per heavy atom. The Kier molecular flexibility index (Phi) is 4.30. The Labute approximate surface area is 135 Å². The summed E-state index contributed by atoms with van der Waals surface area (Å²) < 4.78 is 11.0. The summed E-state index contributed by atoms with van der Waals surface area (Å²) in [6.07, 6.45) is 0. The highest BCUT2D eigenvalue weighted by molar-refractivity contribution is 7.99. The number of fused-ring (bicyclic) bond motifs is 1. The topological polar surface area (TPSA) is 69.4 Å². The van der Waals surface area contributed by atoms with E-state index in [-0.39, 0.29) is 0 Å². The molecule has 1 aromatic carbocycles. The van der Waals surface area contributed by atoms with Crippen molar-refractivity contribution in [2.45, 2.75) is 9.92 Å². The lowest BCUT2D eigenvalue weighted by molar-refractivity contribution is 0.171. The number of hydrazine groups is 1. The Hall–Kier alpha value is -1.34. The summed E-state index contributed by atoms with van der Waals surface area (Å²) in [5.74, 6) is 7.20. The number of hydrogen-bond donors (Lipinski definition) is 2. The molecule has 0 spiro atoms. The second-order valence-electron chi connectivity index (χ2n) is 4.16. The molecule has 110 valence electrons. The van der Waals surface area contributed by atoms with Gasteiger partial charge in [0.15, 0.2) is 17.3 Å². The van der Waals surface area contributed by atoms with Gasteiger partial charge >= 0.3 is 0 Å². The third-order valence-electron chi connectivity index (χ3n) is 2.76. The van der Waals surface area contributed by atoms with E-state index in [1.807, 2.05) is 18.2 Å². The molecule has 0 bridgehead atoms. The maximum absolute atomic E-state index is 6.16. The van der Waals surface area contributed by atoms with Gasteiger partial charge in [-0.05, 0) is 24.3 Å². The van der Waals surface area contributed by atoms with Crippen LogP contribution in [0.4, 0.5) is 5.82 Å². The summed E-state index contributed by atoms with van der Waals surface area (Å²) in [5.41, 5.74) is 2.44. The van der Waals surface area contributed by atoms with E-state index in [1.54, 1.807) is 6.07 Å². The van der Waals surface area contributed by atoms with Gasteiger partial charge in [-0.15, -0.1) is 0 Å². The van der Waals surface area contributed by atoms with Crippen molar-refractivity contribution < 1.29 is 9.47 Å². The van der Waals surface area contributed by atoms with E-state index in [1.165, 1.54) is 11.8 Å². The SMILES string of the molecule is NNc1nc(Sc2ccc3c(c2)OCCO3)c(Cl)cc1Cl. The first-order valence-corrected chi connectivity index (χ1v) is 7.65. The molecule has 1 aliphatic rings. The molecular weight excluding hydrogens is 333 g/mol. The second-order valence-corrected chi connectivity index (χ2v) is 6.03. The number of pyridine rings is 1. The molecule has 1 aliphatic heterocycles. The first kappa shape index (κ1) is 14.6. The number of nitrogen functional groups attached to an aromatic ring is 1. The minimum absolute atomic E-state index is 0.369. The quantitative estimate of drug-likeness (QED) is 0.655. The number of aromatic nitrogens is 1. The molecule has 2 aromatic rings. The molecule has 21 heavy (non-hydrogen) atoms. The standard InChI is InChI=1S/C13H11Cl2N3O2S/c14-8-6-9(15)13(17-12(8)18-16)21-7-1-2-10-11(5-7)20-4-3-19-10/h1-2,5-6H,3-4,16H2,(H,17,18). The summed E-state index contributed by atoms with van der Waals surface area (Å²) in [5, 5.41) is 1.43. The maximum atomic E-state index is 6.16. The molecule has 1 aromatic heterocycles. The summed E-state index contributed by atoms with van der Waals surface area (Å²) >= 11 is 13.5. The predicted molar refractivity (Wildman–Crippen MR) is 83.6 cm³/mol. The van der Waals surface area contributed by atoms with Gasteiger partial charge in [0.1, 0.15) is 18.2 Å². The lowest BCUT2D eigenvalue weighted by Gasteiger charge is -2.18. The number of hydrogen-bond acceptors (Lipinski definition) is 6. The Morgan fingerprint density at radius 2 is 1.86 bits per heavy atom. The predicted octanol–water partition coefficient (Wildman–Crippen LogP) is 3.60. The van der Waals surface area contributed by atoms with Crippen LogP contribution in [-0.4, -0.2) is 18.2 Å². The molecule has 2 heterocycles. The molecule has 0 saturated heterocycles. The highest BCUT2D eigenvalue weighted by Crippen LogP contribution is 2.39. The Balaban J connectivity index is 1.90. The van der Waals surface area contributed by atoms with Crippen LogP contribution in [0, 0.1) is 0 Å². The van der Waals surface area contributed by atoms with Crippen molar-refractivity contribution in [3.63, 3.8) is 0 Å². The number of nitrogens with zero attached hydrogens (tertiary/aromatic N) is 1. The van der Waals surface area contributed by atoms with Crippen LogP contribution in [0.5, 0.6) is 11.5 Å². The molecule has 3 N–H and O–H groups in total. The van der Waals surface area contributed by atoms with Gasteiger partial charge in [0.2, 0.25) is 0 Å². The van der Waals surface area contributed by atoms with Crippen molar-refractivity contribution in [1.82, 2.24) is 4.98 Å². The van der Waals surface area contributed by atoms with Crippen LogP contribution < -0.4 is 20.7 Å². The zero-order valence-corrected chi connectivity index (χ0v) is 13.1. The van der Waals surface area contributed by atoms with Crippen LogP contribution in [0.1, 0.15) is 0 Å². The fourth-order valence-corrected chi connectivity index (χ4v) is 3.17. The minimum Gasteiger partial charge on any atom is -0.486 e. The number of nitrogens with two attached hydrogens (primary N) is 1. The third kappa shape index (κ3) is 3.13. The summed E-state index contributed by atoms with van der Waals surface area (Å²) in [4.78, 5) is 5.22. The van der Waals surface area contributed by atoms with Crippen molar-refractivity contribution in [3.8, 4) is 11.5 Å². The van der Waals surface area contributed by atoms with Crippen LogP contribution in [0.2, 0.25) is 10.0 Å². The Bertz CT molecular complexity index is 685. The second kappa shape index (κ2) is 6.19. The number of ether oxygens (including phenoxy) is 2. The zero-order chi connectivity index (χ0) is 14.8. The number of anilines is 1. The normalized spacial score (nSPS) is 13.1. The van der Waals surface area contributed by atoms with Gasteiger partial charge in [0.05, 0.1) is 10.0 Å². The molecule has 0 unspecified atom stereocenters. The molecule has 0 saturated carbocycles. The van der Waals surface area contributed by atoms with Crippen LogP contribution in [0.3, 0.4) is 0 Å². The van der Waals surface area contributed by atoms with Crippen LogP contribution >= 0.6 is 35.0 Å². The number of nitrogens with one attached hydrogen (secondary N) is 1. The molecule has 0 amide bonds. The molecular formula is C13H11Cl2N3O2S. The van der Waals surface area contributed by atoms with E-state index in [0.29, 0.717) is 39.9 Å². The van der Waals surface area contributed by atoms with Gasteiger partial charge in [-0.2, -0.15) is 0 Å². The lowest BCUT2D eigenvalue weighted by atomic mass is 10.3. The van der Waals surface area contributed by atoms with Crippen molar-refractivity contribution in [1.29, 1.82) is 0 Å².